The van der Waals surface area contributed by atoms with E-state index in [1.165, 1.54) is 74.0 Å². The van der Waals surface area contributed by atoms with Crippen molar-refractivity contribution in [3.8, 4) is 61.8 Å². The molecule has 0 spiro atoms. The van der Waals surface area contributed by atoms with Gasteiger partial charge in [-0.3, -0.25) is 0 Å². The van der Waals surface area contributed by atoms with Crippen molar-refractivity contribution in [1.29, 1.82) is 0 Å². The van der Waals surface area contributed by atoms with E-state index in [4.69, 9.17) is 9.97 Å². The molecule has 0 bridgehead atoms. The van der Waals surface area contributed by atoms with E-state index in [1.54, 1.807) is 0 Å². The summed E-state index contributed by atoms with van der Waals surface area (Å²) in [4.78, 5) is 10.5. The lowest BCUT2D eigenvalue weighted by Crippen LogP contribution is -2.06. The smallest absolute Gasteiger partial charge is 0.160 e. The normalized spacial score (nSPS) is 13.0. The van der Waals surface area contributed by atoms with Crippen LogP contribution in [0.1, 0.15) is 49.2 Å². The zero-order valence-corrected chi connectivity index (χ0v) is 35.8. The van der Waals surface area contributed by atoms with Crippen molar-refractivity contribution >= 4 is 27.5 Å². The second kappa shape index (κ2) is 16.6. The first-order valence-electron chi connectivity index (χ1n) is 22.0. The van der Waals surface area contributed by atoms with E-state index in [0.717, 1.165) is 64.2 Å². The van der Waals surface area contributed by atoms with Crippen LogP contribution in [-0.2, 0) is 19.3 Å². The molecule has 4 heteroatoms. The van der Waals surface area contributed by atoms with Gasteiger partial charge >= 0.3 is 0 Å². The van der Waals surface area contributed by atoms with Crippen molar-refractivity contribution in [3.63, 3.8) is 0 Å². The van der Waals surface area contributed by atoms with E-state index in [9.17, 15) is 0 Å². The Kier molecular flexibility index (Phi) is 10.4. The quantitative estimate of drug-likeness (QED) is 0.129. The Morgan fingerprint density at radius 1 is 0.613 bits per heavy atom. The molecule has 302 valence electrons. The number of aryl methyl sites for hydroxylation is 2. The SMILES string of the molecule is C=C/C=C\C(=C/C)n1c(C)c(CC)c2cc(-c3cc(-c4ccc5c(c4)c4c(n5-c5ccccc5)CCCC4)cc(-c4cc(-c5ccccc5)nc(-c5ccccc5)n4)c3)ccc21. The Hall–Kier alpha value is -7.30. The molecule has 1 aliphatic rings. The number of fused-ring (bicyclic) bond motifs is 4. The van der Waals surface area contributed by atoms with Gasteiger partial charge in [-0.15, -0.1) is 0 Å². The summed E-state index contributed by atoms with van der Waals surface area (Å²) in [6, 6.07) is 54.9. The van der Waals surface area contributed by atoms with E-state index < -0.39 is 0 Å². The molecule has 0 unspecified atom stereocenters. The monoisotopic (exact) mass is 802 g/mol. The molecule has 0 radical (unpaired) electrons. The van der Waals surface area contributed by atoms with Gasteiger partial charge in [-0.05, 0) is 146 Å². The summed E-state index contributed by atoms with van der Waals surface area (Å²) >= 11 is 0. The molecule has 3 aromatic heterocycles. The summed E-state index contributed by atoms with van der Waals surface area (Å²) in [5.74, 6) is 0.709. The van der Waals surface area contributed by atoms with Gasteiger partial charge in [0.05, 0.1) is 22.4 Å². The first-order chi connectivity index (χ1) is 30.5. The Morgan fingerprint density at radius 3 is 1.87 bits per heavy atom. The number of rotatable bonds is 10. The third kappa shape index (κ3) is 7.02. The summed E-state index contributed by atoms with van der Waals surface area (Å²) in [5, 5.41) is 2.62. The highest BCUT2D eigenvalue weighted by molar-refractivity contribution is 5.96. The average Bonchev–Trinajstić information content (AvgIpc) is 3.82. The molecule has 0 amide bonds. The molecule has 0 atom stereocenters. The summed E-state index contributed by atoms with van der Waals surface area (Å²) in [6.45, 7) is 10.5. The second-order valence-corrected chi connectivity index (χ2v) is 16.3. The lowest BCUT2D eigenvalue weighted by atomic mass is 9.91. The third-order valence-electron chi connectivity index (χ3n) is 12.7. The van der Waals surface area contributed by atoms with Gasteiger partial charge in [0, 0.05) is 50.2 Å². The van der Waals surface area contributed by atoms with Gasteiger partial charge in [0.15, 0.2) is 5.82 Å². The fourth-order valence-corrected chi connectivity index (χ4v) is 9.68. The van der Waals surface area contributed by atoms with Gasteiger partial charge < -0.3 is 9.13 Å². The van der Waals surface area contributed by atoms with Crippen LogP contribution in [0.4, 0.5) is 0 Å². The van der Waals surface area contributed by atoms with Crippen molar-refractivity contribution in [1.82, 2.24) is 19.1 Å². The van der Waals surface area contributed by atoms with Crippen LogP contribution in [-0.4, -0.2) is 19.1 Å². The Balaban J connectivity index is 1.20. The lowest BCUT2D eigenvalue weighted by Gasteiger charge is -2.16. The predicted octanol–water partition coefficient (Wildman–Crippen LogP) is 15.1. The minimum atomic E-state index is 0.709. The average molecular weight is 803 g/mol. The summed E-state index contributed by atoms with van der Waals surface area (Å²) in [6.07, 6.45) is 13.7. The molecule has 62 heavy (non-hydrogen) atoms. The van der Waals surface area contributed by atoms with Crippen molar-refractivity contribution in [2.75, 3.05) is 0 Å². The molecule has 0 N–H and O–H groups in total. The molecule has 9 aromatic rings. The lowest BCUT2D eigenvalue weighted by molar-refractivity contribution is 0.667. The van der Waals surface area contributed by atoms with Crippen molar-refractivity contribution < 1.29 is 0 Å². The Morgan fingerprint density at radius 2 is 1.21 bits per heavy atom. The fourth-order valence-electron chi connectivity index (χ4n) is 9.68. The third-order valence-corrected chi connectivity index (χ3v) is 12.7. The number of nitrogens with zero attached hydrogens (tertiary/aromatic N) is 4. The Bertz CT molecular complexity index is 3120. The van der Waals surface area contributed by atoms with Crippen molar-refractivity contribution in [2.24, 2.45) is 0 Å². The van der Waals surface area contributed by atoms with E-state index in [1.807, 2.05) is 18.2 Å². The highest BCUT2D eigenvalue weighted by atomic mass is 15.0. The van der Waals surface area contributed by atoms with Crippen LogP contribution in [0.3, 0.4) is 0 Å². The molecular formula is C58H50N4. The van der Waals surface area contributed by atoms with Gasteiger partial charge in [0.25, 0.3) is 0 Å². The largest absolute Gasteiger partial charge is 0.314 e. The van der Waals surface area contributed by atoms with Crippen LogP contribution >= 0.6 is 0 Å². The zero-order chi connectivity index (χ0) is 42.2. The highest BCUT2D eigenvalue weighted by Gasteiger charge is 2.23. The molecule has 6 aromatic carbocycles. The maximum atomic E-state index is 5.32. The minimum Gasteiger partial charge on any atom is -0.314 e. The van der Waals surface area contributed by atoms with Crippen LogP contribution < -0.4 is 0 Å². The Labute approximate surface area is 364 Å². The number of aromatic nitrogens is 4. The molecule has 0 saturated heterocycles. The van der Waals surface area contributed by atoms with Crippen molar-refractivity contribution in [2.45, 2.75) is 52.9 Å². The number of hydrogen-bond donors (Lipinski definition) is 0. The number of benzene rings is 6. The standard InChI is InChI=1S/C58H50N4/c1-5-8-24-47(6-2)61-39(4)49(7-3)51-36-42(29-31-56(51)61)44-33-45(43-30-32-57-52(37-43)50-27-18-19-28-55(50)62(57)48-25-16-11-17-26-48)35-46(34-44)54-38-53(40-20-12-9-13-21-40)59-58(60-54)41-22-14-10-15-23-41/h5-6,8-17,20-26,29-38H,1,7,18-19,27-28H2,2-4H3/b24-8-,47-6+. The topological polar surface area (TPSA) is 35.6 Å². The van der Waals surface area contributed by atoms with E-state index in [2.05, 4.69) is 194 Å². The second-order valence-electron chi connectivity index (χ2n) is 16.3. The van der Waals surface area contributed by atoms with Crippen LogP contribution in [0.2, 0.25) is 0 Å². The summed E-state index contributed by atoms with van der Waals surface area (Å²) in [5.41, 5.74) is 20.0. The van der Waals surface area contributed by atoms with E-state index in [0.29, 0.717) is 5.82 Å². The molecule has 10 rings (SSSR count). The summed E-state index contributed by atoms with van der Waals surface area (Å²) < 4.78 is 4.89. The summed E-state index contributed by atoms with van der Waals surface area (Å²) in [7, 11) is 0. The minimum absolute atomic E-state index is 0.709. The van der Waals surface area contributed by atoms with Gasteiger partial charge in [-0.2, -0.15) is 0 Å². The molecule has 0 fully saturated rings. The van der Waals surface area contributed by atoms with Crippen LogP contribution in [0.15, 0.2) is 183 Å². The molecule has 0 saturated carbocycles. The predicted molar refractivity (Wildman–Crippen MR) is 262 cm³/mol. The van der Waals surface area contributed by atoms with Crippen LogP contribution in [0.25, 0.3) is 89.3 Å². The number of allylic oxidation sites excluding steroid dienone is 5. The van der Waals surface area contributed by atoms with Gasteiger partial charge in [-0.25, -0.2) is 9.97 Å². The molecule has 3 heterocycles. The van der Waals surface area contributed by atoms with Crippen LogP contribution in [0.5, 0.6) is 0 Å². The first-order valence-corrected chi connectivity index (χ1v) is 22.0. The van der Waals surface area contributed by atoms with Gasteiger partial charge in [-0.1, -0.05) is 123 Å². The molecule has 4 nitrogen and oxygen atoms in total. The zero-order valence-electron chi connectivity index (χ0n) is 35.8. The number of para-hydroxylation sites is 1. The highest BCUT2D eigenvalue weighted by Crippen LogP contribution is 2.41. The fraction of sp³-hybridized carbons (Fsp3) is 0.138. The van der Waals surface area contributed by atoms with Gasteiger partial charge in [0.2, 0.25) is 0 Å². The van der Waals surface area contributed by atoms with Crippen molar-refractivity contribution in [3.05, 3.63) is 205 Å². The number of hydrogen-bond acceptors (Lipinski definition) is 2. The van der Waals surface area contributed by atoms with Crippen LogP contribution in [0, 0.1) is 6.92 Å². The first kappa shape index (κ1) is 38.9. The van der Waals surface area contributed by atoms with E-state index in [-0.39, 0.29) is 0 Å². The maximum Gasteiger partial charge on any atom is 0.160 e. The van der Waals surface area contributed by atoms with E-state index >= 15 is 0 Å². The molecular weight excluding hydrogens is 753 g/mol. The molecule has 1 aliphatic carbocycles. The van der Waals surface area contributed by atoms with Gasteiger partial charge in [0.1, 0.15) is 0 Å². The molecule has 0 aliphatic heterocycles. The maximum absolute atomic E-state index is 5.32.